The van der Waals surface area contributed by atoms with Crippen LogP contribution in [-0.4, -0.2) is 29.9 Å². The van der Waals surface area contributed by atoms with E-state index in [0.717, 1.165) is 62.3 Å². The van der Waals surface area contributed by atoms with Gasteiger partial charge in [0.05, 0.1) is 11.6 Å². The predicted octanol–water partition coefficient (Wildman–Crippen LogP) is 12.1. The molecule has 0 spiro atoms. The fraction of sp³-hybridized carbons (Fsp3) is 0.189. The first-order valence-corrected chi connectivity index (χ1v) is 21.0. The van der Waals surface area contributed by atoms with Crippen LogP contribution in [0.3, 0.4) is 0 Å². The SMILES string of the molecule is N#Cc1ccc(-c2ccc(-c3nc(-c4ccccc4)nc(-c4cccc(-c5nc(-c6ccccc6)nc(-c6ccc(C78CC9CC(CC(C9)C7)C8)cc6)n5)c4)n3)cc2)cc1. The third-order valence-corrected chi connectivity index (χ3v) is 13.0. The average Bonchev–Trinajstić information content (AvgIpc) is 3.31. The Bertz CT molecular complexity index is 2850. The molecule has 4 aliphatic rings. The van der Waals surface area contributed by atoms with Crippen LogP contribution in [-0.2, 0) is 5.41 Å². The zero-order chi connectivity index (χ0) is 40.0. The van der Waals surface area contributed by atoms with E-state index >= 15 is 0 Å². The second-order valence-electron chi connectivity index (χ2n) is 17.0. The Morgan fingerprint density at radius 2 is 0.700 bits per heavy atom. The molecular weight excluding hydrogens is 735 g/mol. The first kappa shape index (κ1) is 36.0. The molecule has 0 atom stereocenters. The molecule has 4 fully saturated rings. The summed E-state index contributed by atoms with van der Waals surface area (Å²) < 4.78 is 0. The van der Waals surface area contributed by atoms with Crippen LogP contribution >= 0.6 is 0 Å². The van der Waals surface area contributed by atoms with Gasteiger partial charge in [0.1, 0.15) is 0 Å². The number of rotatable bonds is 8. The molecule has 6 aromatic carbocycles. The van der Waals surface area contributed by atoms with E-state index in [0.29, 0.717) is 45.9 Å². The maximum Gasteiger partial charge on any atom is 0.164 e. The molecule has 12 rings (SSSR count). The Labute approximate surface area is 350 Å². The van der Waals surface area contributed by atoms with E-state index < -0.39 is 0 Å². The zero-order valence-electron chi connectivity index (χ0n) is 33.1. The number of nitriles is 1. The molecule has 7 heteroatoms. The van der Waals surface area contributed by atoms with Crippen LogP contribution < -0.4 is 0 Å². The fourth-order valence-electron chi connectivity index (χ4n) is 10.5. The van der Waals surface area contributed by atoms with E-state index in [1.165, 1.54) is 44.1 Å². The monoisotopic (exact) mass is 775 g/mol. The standard InChI is InChI=1S/C53H41N7/c54-33-34-14-16-38(17-15-34)39-18-20-42(21-19-39)49-55-47(40-8-3-1-4-9-40)57-51(59-49)44-12-7-13-45(29-44)52-58-48(41-10-5-2-6-11-41)56-50(60-52)43-22-24-46(25-23-43)53-30-35-26-36(31-53)28-37(27-35)32-53/h1-25,29,35-37H,26-28,30-32H2. The molecule has 0 N–H and O–H groups in total. The van der Waals surface area contributed by atoms with Crippen LogP contribution in [0, 0.1) is 29.1 Å². The number of hydrogen-bond donors (Lipinski definition) is 0. The fourth-order valence-corrected chi connectivity index (χ4v) is 10.5. The lowest BCUT2D eigenvalue weighted by molar-refractivity contribution is -0.00518. The molecule has 0 radical (unpaired) electrons. The summed E-state index contributed by atoms with van der Waals surface area (Å²) in [6.07, 6.45) is 8.33. The zero-order valence-corrected chi connectivity index (χ0v) is 33.1. The number of benzene rings is 6. The van der Waals surface area contributed by atoms with Crippen LogP contribution in [0.1, 0.15) is 49.7 Å². The van der Waals surface area contributed by atoms with E-state index in [9.17, 15) is 5.26 Å². The van der Waals surface area contributed by atoms with Crippen LogP contribution in [0.15, 0.2) is 158 Å². The van der Waals surface area contributed by atoms with E-state index in [-0.39, 0.29) is 0 Å². The highest BCUT2D eigenvalue weighted by Crippen LogP contribution is 2.60. The molecule has 7 nitrogen and oxygen atoms in total. The average molecular weight is 776 g/mol. The van der Waals surface area contributed by atoms with Gasteiger partial charge in [0, 0.05) is 33.4 Å². The van der Waals surface area contributed by atoms with Gasteiger partial charge in [0.15, 0.2) is 34.9 Å². The lowest BCUT2D eigenvalue weighted by Gasteiger charge is -2.57. The third-order valence-electron chi connectivity index (χ3n) is 13.0. The van der Waals surface area contributed by atoms with Gasteiger partial charge in [-0.2, -0.15) is 5.26 Å². The van der Waals surface area contributed by atoms with Crippen molar-refractivity contribution in [2.75, 3.05) is 0 Å². The quantitative estimate of drug-likeness (QED) is 0.151. The van der Waals surface area contributed by atoms with E-state index in [1.54, 1.807) is 0 Å². The minimum absolute atomic E-state index is 0.331. The molecule has 4 aliphatic carbocycles. The van der Waals surface area contributed by atoms with Gasteiger partial charge < -0.3 is 0 Å². The van der Waals surface area contributed by atoms with Crippen molar-refractivity contribution in [3.8, 4) is 85.5 Å². The molecule has 0 saturated heterocycles. The van der Waals surface area contributed by atoms with Crippen LogP contribution in [0.4, 0.5) is 0 Å². The smallest absolute Gasteiger partial charge is 0.164 e. The van der Waals surface area contributed by atoms with Crippen LogP contribution in [0.5, 0.6) is 0 Å². The van der Waals surface area contributed by atoms with Crippen LogP contribution in [0.25, 0.3) is 79.5 Å². The van der Waals surface area contributed by atoms with Gasteiger partial charge in [-0.25, -0.2) is 29.9 Å². The van der Waals surface area contributed by atoms with Gasteiger partial charge in [-0.1, -0.05) is 140 Å². The summed E-state index contributed by atoms with van der Waals surface area (Å²) in [6, 6.07) is 55.4. The lowest BCUT2D eigenvalue weighted by atomic mass is 9.48. The Morgan fingerprint density at radius 1 is 0.367 bits per heavy atom. The maximum absolute atomic E-state index is 9.24. The molecular formula is C53H41N7. The molecule has 4 saturated carbocycles. The van der Waals surface area contributed by atoms with Gasteiger partial charge in [-0.15, -0.1) is 0 Å². The summed E-state index contributed by atoms with van der Waals surface area (Å²) in [5.41, 5.74) is 9.88. The van der Waals surface area contributed by atoms with Gasteiger partial charge in [0.2, 0.25) is 0 Å². The van der Waals surface area contributed by atoms with E-state index in [1.807, 2.05) is 115 Å². The summed E-state index contributed by atoms with van der Waals surface area (Å²) in [5, 5.41) is 9.24. The van der Waals surface area contributed by atoms with Crippen LogP contribution in [0.2, 0.25) is 0 Å². The summed E-state index contributed by atoms with van der Waals surface area (Å²) in [6.45, 7) is 0. The van der Waals surface area contributed by atoms with Gasteiger partial charge in [0.25, 0.3) is 0 Å². The molecule has 288 valence electrons. The summed E-state index contributed by atoms with van der Waals surface area (Å²) in [4.78, 5) is 30.3. The number of nitrogens with zero attached hydrogens (tertiary/aromatic N) is 7. The number of aromatic nitrogens is 6. The van der Waals surface area contributed by atoms with Gasteiger partial charge in [-0.05, 0) is 96.6 Å². The van der Waals surface area contributed by atoms with Crippen molar-refractivity contribution in [3.05, 3.63) is 169 Å². The third kappa shape index (κ3) is 6.84. The normalized spacial score (nSPS) is 20.1. The number of hydrogen-bond acceptors (Lipinski definition) is 7. The highest BCUT2D eigenvalue weighted by atomic mass is 15.0. The molecule has 2 aromatic heterocycles. The molecule has 0 unspecified atom stereocenters. The maximum atomic E-state index is 9.24. The highest BCUT2D eigenvalue weighted by molar-refractivity contribution is 5.74. The summed E-state index contributed by atoms with van der Waals surface area (Å²) >= 11 is 0. The first-order valence-electron chi connectivity index (χ1n) is 21.0. The molecule has 0 aliphatic heterocycles. The van der Waals surface area contributed by atoms with Gasteiger partial charge >= 0.3 is 0 Å². The second kappa shape index (κ2) is 14.9. The minimum atomic E-state index is 0.331. The Kier molecular flexibility index (Phi) is 8.92. The van der Waals surface area contributed by atoms with Crippen molar-refractivity contribution >= 4 is 0 Å². The molecule has 4 bridgehead atoms. The van der Waals surface area contributed by atoms with E-state index in [4.69, 9.17) is 29.9 Å². The van der Waals surface area contributed by atoms with E-state index in [2.05, 4.69) is 48.5 Å². The minimum Gasteiger partial charge on any atom is -0.208 e. The van der Waals surface area contributed by atoms with Crippen molar-refractivity contribution in [3.63, 3.8) is 0 Å². The predicted molar refractivity (Wildman–Crippen MR) is 236 cm³/mol. The molecule has 0 amide bonds. The van der Waals surface area contributed by atoms with Gasteiger partial charge in [-0.3, -0.25) is 0 Å². The molecule has 8 aromatic rings. The molecule has 2 heterocycles. The highest BCUT2D eigenvalue weighted by Gasteiger charge is 2.51. The lowest BCUT2D eigenvalue weighted by Crippen LogP contribution is -2.48. The summed E-state index contributed by atoms with van der Waals surface area (Å²) in [7, 11) is 0. The van der Waals surface area contributed by atoms with Crippen molar-refractivity contribution in [2.45, 2.75) is 43.9 Å². The second-order valence-corrected chi connectivity index (χ2v) is 17.0. The Balaban J connectivity index is 0.965. The first-order chi connectivity index (χ1) is 29.5. The Morgan fingerprint density at radius 3 is 1.12 bits per heavy atom. The summed E-state index contributed by atoms with van der Waals surface area (Å²) in [5.74, 6) is 6.26. The largest absolute Gasteiger partial charge is 0.208 e. The molecule has 60 heavy (non-hydrogen) atoms. The topological polar surface area (TPSA) is 101 Å². The van der Waals surface area contributed by atoms with Crippen molar-refractivity contribution < 1.29 is 0 Å². The van der Waals surface area contributed by atoms with Crippen molar-refractivity contribution in [2.24, 2.45) is 17.8 Å². The van der Waals surface area contributed by atoms with Crippen molar-refractivity contribution in [1.29, 1.82) is 5.26 Å². The Hall–Kier alpha value is -7.17. The van der Waals surface area contributed by atoms with Crippen molar-refractivity contribution in [1.82, 2.24) is 29.9 Å².